The molecule has 3 aromatic heterocycles. The van der Waals surface area contributed by atoms with E-state index in [0.29, 0.717) is 30.3 Å². The van der Waals surface area contributed by atoms with E-state index >= 15 is 0 Å². The highest BCUT2D eigenvalue weighted by atomic mass is 32.1. The Kier molecular flexibility index (Phi) is 4.95. The summed E-state index contributed by atoms with van der Waals surface area (Å²) in [6.45, 7) is 2.77. The molecule has 1 saturated heterocycles. The van der Waals surface area contributed by atoms with Crippen LogP contribution in [-0.2, 0) is 0 Å². The smallest absolute Gasteiger partial charge is 0.260 e. The van der Waals surface area contributed by atoms with E-state index in [-0.39, 0.29) is 28.5 Å². The highest BCUT2D eigenvalue weighted by Crippen LogP contribution is 2.27. The third-order valence-electron chi connectivity index (χ3n) is 4.91. The summed E-state index contributed by atoms with van der Waals surface area (Å²) in [4.78, 5) is 49.9. The van der Waals surface area contributed by atoms with Crippen molar-refractivity contribution in [1.82, 2.24) is 19.9 Å². The van der Waals surface area contributed by atoms with Gasteiger partial charge in [0.2, 0.25) is 0 Å². The van der Waals surface area contributed by atoms with Gasteiger partial charge in [-0.3, -0.25) is 14.4 Å². The first kappa shape index (κ1) is 18.4. The highest BCUT2D eigenvalue weighted by molar-refractivity contribution is 7.13. The molecule has 1 fully saturated rings. The molecule has 28 heavy (non-hydrogen) atoms. The molecule has 0 aliphatic carbocycles. The summed E-state index contributed by atoms with van der Waals surface area (Å²) < 4.78 is 0. The number of pyridine rings is 1. The summed E-state index contributed by atoms with van der Waals surface area (Å²) in [7, 11) is 0. The number of hydrogen-bond acceptors (Lipinski definition) is 5. The SMILES string of the molecule is Cc1ccc(C(=O)N2CCC[C@@H](c3nc(-c4cccs4)cc(=O)[nH]3)C2)c(=O)[nH]1. The van der Waals surface area contributed by atoms with Crippen LogP contribution in [-0.4, -0.2) is 38.8 Å². The first-order chi connectivity index (χ1) is 13.5. The van der Waals surface area contributed by atoms with Crippen LogP contribution >= 0.6 is 11.3 Å². The number of carbonyl (C=O) groups excluding carboxylic acids is 1. The van der Waals surface area contributed by atoms with Crippen molar-refractivity contribution in [3.05, 3.63) is 73.5 Å². The fourth-order valence-corrected chi connectivity index (χ4v) is 4.20. The van der Waals surface area contributed by atoms with E-state index in [1.165, 1.54) is 17.4 Å². The lowest BCUT2D eigenvalue weighted by molar-refractivity contribution is 0.0702. The molecule has 1 aliphatic heterocycles. The number of nitrogens with zero attached hydrogens (tertiary/aromatic N) is 2. The van der Waals surface area contributed by atoms with E-state index in [0.717, 1.165) is 17.7 Å². The number of aryl methyl sites for hydroxylation is 1. The van der Waals surface area contributed by atoms with Crippen LogP contribution in [0.1, 0.15) is 40.6 Å². The fourth-order valence-electron chi connectivity index (χ4n) is 3.52. The molecule has 1 aliphatic rings. The lowest BCUT2D eigenvalue weighted by Crippen LogP contribution is -2.41. The van der Waals surface area contributed by atoms with Crippen molar-refractivity contribution in [2.75, 3.05) is 13.1 Å². The predicted octanol–water partition coefficient (Wildman–Crippen LogP) is 2.51. The van der Waals surface area contributed by atoms with Gasteiger partial charge in [0.15, 0.2) is 0 Å². The second-order valence-electron chi connectivity index (χ2n) is 6.97. The minimum atomic E-state index is -0.377. The van der Waals surface area contributed by atoms with E-state index in [4.69, 9.17) is 0 Å². The third-order valence-corrected chi connectivity index (χ3v) is 5.81. The van der Waals surface area contributed by atoms with Gasteiger partial charge in [0.05, 0.1) is 10.6 Å². The average molecular weight is 396 g/mol. The van der Waals surface area contributed by atoms with Gasteiger partial charge in [0, 0.05) is 30.8 Å². The second kappa shape index (κ2) is 7.55. The summed E-state index contributed by atoms with van der Waals surface area (Å²) >= 11 is 1.53. The van der Waals surface area contributed by atoms with Crippen LogP contribution in [0.2, 0.25) is 0 Å². The van der Waals surface area contributed by atoms with Gasteiger partial charge in [-0.05, 0) is 43.3 Å². The van der Waals surface area contributed by atoms with Crippen molar-refractivity contribution < 1.29 is 4.79 Å². The van der Waals surface area contributed by atoms with Gasteiger partial charge >= 0.3 is 0 Å². The van der Waals surface area contributed by atoms with Crippen molar-refractivity contribution in [2.45, 2.75) is 25.7 Å². The molecule has 3 aromatic rings. The number of thiophene rings is 1. The van der Waals surface area contributed by atoms with E-state index in [1.54, 1.807) is 24.0 Å². The van der Waals surface area contributed by atoms with Crippen LogP contribution in [0, 0.1) is 6.92 Å². The number of H-pyrrole nitrogens is 2. The van der Waals surface area contributed by atoms with Crippen molar-refractivity contribution in [3.63, 3.8) is 0 Å². The van der Waals surface area contributed by atoms with E-state index < -0.39 is 0 Å². The zero-order chi connectivity index (χ0) is 19.7. The van der Waals surface area contributed by atoms with Gasteiger partial charge in [-0.25, -0.2) is 4.98 Å². The number of piperidine rings is 1. The summed E-state index contributed by atoms with van der Waals surface area (Å²) in [5.74, 6) is 0.226. The van der Waals surface area contributed by atoms with E-state index in [2.05, 4.69) is 15.0 Å². The van der Waals surface area contributed by atoms with Gasteiger partial charge in [-0.1, -0.05) is 6.07 Å². The van der Waals surface area contributed by atoms with Gasteiger partial charge < -0.3 is 14.9 Å². The Bertz CT molecular complexity index is 1120. The lowest BCUT2D eigenvalue weighted by atomic mass is 9.96. The predicted molar refractivity (Wildman–Crippen MR) is 108 cm³/mol. The lowest BCUT2D eigenvalue weighted by Gasteiger charge is -2.32. The van der Waals surface area contributed by atoms with Crippen molar-refractivity contribution in [1.29, 1.82) is 0 Å². The number of carbonyl (C=O) groups is 1. The molecule has 4 heterocycles. The number of aromatic nitrogens is 3. The van der Waals surface area contributed by atoms with Crippen LogP contribution in [0.3, 0.4) is 0 Å². The Balaban J connectivity index is 1.60. The van der Waals surface area contributed by atoms with Crippen LogP contribution in [0.25, 0.3) is 10.6 Å². The molecule has 0 radical (unpaired) electrons. The molecule has 0 bridgehead atoms. The molecule has 144 valence electrons. The first-order valence-electron chi connectivity index (χ1n) is 9.15. The Labute approximate surface area is 165 Å². The highest BCUT2D eigenvalue weighted by Gasteiger charge is 2.28. The Morgan fingerprint density at radius 3 is 2.86 bits per heavy atom. The molecule has 0 saturated carbocycles. The molecule has 7 nitrogen and oxygen atoms in total. The Morgan fingerprint density at radius 2 is 2.11 bits per heavy atom. The number of amides is 1. The van der Waals surface area contributed by atoms with Crippen LogP contribution in [0.15, 0.2) is 45.3 Å². The average Bonchev–Trinajstić information content (AvgIpc) is 3.22. The maximum atomic E-state index is 12.8. The number of hydrogen-bond donors (Lipinski definition) is 2. The number of likely N-dealkylation sites (tertiary alicyclic amines) is 1. The standard InChI is InChI=1S/C20H20N4O3S/c1-12-6-7-14(19(26)21-12)20(27)24-8-2-4-13(11-24)18-22-15(10-17(25)23-18)16-5-3-9-28-16/h3,5-7,9-10,13H,2,4,8,11H2,1H3,(H,21,26)(H,22,23,25)/t13-/m1/s1. The molecule has 2 N–H and O–H groups in total. The molecule has 0 unspecified atom stereocenters. The maximum Gasteiger partial charge on any atom is 0.260 e. The summed E-state index contributed by atoms with van der Waals surface area (Å²) in [6, 6.07) is 8.63. The normalized spacial score (nSPS) is 16.9. The van der Waals surface area contributed by atoms with Gasteiger partial charge in [-0.2, -0.15) is 0 Å². The molecular formula is C20H20N4O3S. The van der Waals surface area contributed by atoms with E-state index in [9.17, 15) is 14.4 Å². The number of rotatable bonds is 3. The minimum Gasteiger partial charge on any atom is -0.338 e. The minimum absolute atomic E-state index is 0.0742. The molecule has 0 spiro atoms. The molecule has 0 aromatic carbocycles. The van der Waals surface area contributed by atoms with Crippen molar-refractivity contribution in [2.24, 2.45) is 0 Å². The maximum absolute atomic E-state index is 12.8. The zero-order valence-electron chi connectivity index (χ0n) is 15.4. The molecule has 8 heteroatoms. The van der Waals surface area contributed by atoms with E-state index in [1.807, 2.05) is 17.5 Å². The number of aromatic amines is 2. The number of nitrogens with one attached hydrogen (secondary N) is 2. The third kappa shape index (κ3) is 3.68. The summed E-state index contributed by atoms with van der Waals surface area (Å²) in [6.07, 6.45) is 1.61. The van der Waals surface area contributed by atoms with Gasteiger partial charge in [0.25, 0.3) is 17.0 Å². The first-order valence-corrected chi connectivity index (χ1v) is 10.0. The van der Waals surface area contributed by atoms with Crippen LogP contribution < -0.4 is 11.1 Å². The topological polar surface area (TPSA) is 98.9 Å². The molecule has 1 amide bonds. The molecule has 1 atom stereocenters. The Hall–Kier alpha value is -3.00. The van der Waals surface area contributed by atoms with Crippen LogP contribution in [0.4, 0.5) is 0 Å². The zero-order valence-corrected chi connectivity index (χ0v) is 16.2. The fraction of sp³-hybridized carbons (Fsp3) is 0.300. The van der Waals surface area contributed by atoms with Gasteiger partial charge in [-0.15, -0.1) is 11.3 Å². The summed E-state index contributed by atoms with van der Waals surface area (Å²) in [5.41, 5.74) is 0.919. The largest absolute Gasteiger partial charge is 0.338 e. The quantitative estimate of drug-likeness (QED) is 0.711. The second-order valence-corrected chi connectivity index (χ2v) is 7.92. The molecular weight excluding hydrogens is 376 g/mol. The van der Waals surface area contributed by atoms with Crippen molar-refractivity contribution >= 4 is 17.2 Å². The Morgan fingerprint density at radius 1 is 1.25 bits per heavy atom. The van der Waals surface area contributed by atoms with Gasteiger partial charge in [0.1, 0.15) is 11.4 Å². The van der Waals surface area contributed by atoms with Crippen molar-refractivity contribution in [3.8, 4) is 10.6 Å². The summed E-state index contributed by atoms with van der Waals surface area (Å²) in [5, 5.41) is 1.94. The monoisotopic (exact) mass is 396 g/mol. The molecule has 4 rings (SSSR count). The van der Waals surface area contributed by atoms with Crippen LogP contribution in [0.5, 0.6) is 0 Å².